The normalized spacial score (nSPS) is 12.0. The maximum Gasteiger partial charge on any atom is 0.321 e. The van der Waals surface area contributed by atoms with Gasteiger partial charge in [0.2, 0.25) is 5.91 Å². The van der Waals surface area contributed by atoms with Crippen LogP contribution in [0.5, 0.6) is 0 Å². The van der Waals surface area contributed by atoms with Crippen LogP contribution in [0.4, 0.5) is 4.79 Å². The second-order valence-electron chi connectivity index (χ2n) is 5.39. The Morgan fingerprint density at radius 3 is 2.72 bits per heavy atom. The zero-order valence-electron chi connectivity index (χ0n) is 14.5. The zero-order chi connectivity index (χ0) is 18.7. The highest BCUT2D eigenvalue weighted by Gasteiger charge is 2.22. The van der Waals surface area contributed by atoms with Gasteiger partial charge in [-0.1, -0.05) is 17.8 Å². The van der Waals surface area contributed by atoms with Gasteiger partial charge in [0.1, 0.15) is 4.83 Å². The predicted octanol–water partition coefficient (Wildman–Crippen LogP) is 2.20. The molecule has 2 aromatic rings. The quantitative estimate of drug-likeness (QED) is 0.471. The first-order chi connectivity index (χ1) is 11.8. The Hall–Kier alpha value is -2.13. The average Bonchev–Trinajstić information content (AvgIpc) is 2.85. The summed E-state index contributed by atoms with van der Waals surface area (Å²) in [6.45, 7) is 9.49. The summed E-state index contributed by atoms with van der Waals surface area (Å²) in [7, 11) is 1.43. The Bertz CT molecular complexity index is 901. The maximum atomic E-state index is 12.9. The summed E-state index contributed by atoms with van der Waals surface area (Å²) < 4.78 is 1.50. The lowest BCUT2D eigenvalue weighted by atomic mass is 10.2. The van der Waals surface area contributed by atoms with Crippen LogP contribution in [-0.2, 0) is 11.3 Å². The topological polar surface area (TPSA) is 93.1 Å². The van der Waals surface area contributed by atoms with Gasteiger partial charge < -0.3 is 5.32 Å². The van der Waals surface area contributed by atoms with Crippen molar-refractivity contribution in [2.45, 2.75) is 37.7 Å². The van der Waals surface area contributed by atoms with E-state index in [-0.39, 0.29) is 5.56 Å². The first kappa shape index (κ1) is 19.2. The van der Waals surface area contributed by atoms with Gasteiger partial charge in [-0.05, 0) is 26.3 Å². The first-order valence-corrected chi connectivity index (χ1v) is 9.30. The molecule has 0 saturated heterocycles. The maximum absolute atomic E-state index is 12.9. The standard InChI is InChI=1S/C16H20N4O3S2/c1-6-7-20-14(22)11-8(2)9(3)24-13(11)19-16(20)25-10(4)12(21)18-15(23)17-5/h6,10H,1,7H2,2-5H3,(H2,17,18,21,23)/t10-/m0/s1. The molecule has 0 spiro atoms. The van der Waals surface area contributed by atoms with Gasteiger partial charge >= 0.3 is 6.03 Å². The van der Waals surface area contributed by atoms with Crippen LogP contribution in [0.2, 0.25) is 0 Å². The fraction of sp³-hybridized carbons (Fsp3) is 0.375. The number of aromatic nitrogens is 2. The number of imide groups is 1. The van der Waals surface area contributed by atoms with Gasteiger partial charge in [-0.2, -0.15) is 0 Å². The summed E-state index contributed by atoms with van der Waals surface area (Å²) in [5, 5.41) is 4.99. The molecule has 2 aromatic heterocycles. The van der Waals surface area contributed by atoms with Gasteiger partial charge in [-0.15, -0.1) is 17.9 Å². The van der Waals surface area contributed by atoms with Crippen LogP contribution < -0.4 is 16.2 Å². The van der Waals surface area contributed by atoms with E-state index in [1.807, 2.05) is 13.8 Å². The number of amides is 3. The molecule has 25 heavy (non-hydrogen) atoms. The molecule has 0 aromatic carbocycles. The second-order valence-corrected chi connectivity index (χ2v) is 7.90. The largest absolute Gasteiger partial charge is 0.341 e. The second kappa shape index (κ2) is 7.83. The number of allylic oxidation sites excluding steroid dienone is 1. The molecule has 0 aliphatic carbocycles. The summed E-state index contributed by atoms with van der Waals surface area (Å²) in [5.41, 5.74) is 0.783. The van der Waals surface area contributed by atoms with Crippen LogP contribution in [0.15, 0.2) is 22.6 Å². The predicted molar refractivity (Wildman–Crippen MR) is 101 cm³/mol. The molecule has 2 N–H and O–H groups in total. The van der Waals surface area contributed by atoms with Gasteiger partial charge in [0, 0.05) is 18.5 Å². The Morgan fingerprint density at radius 2 is 2.12 bits per heavy atom. The van der Waals surface area contributed by atoms with Crippen molar-refractivity contribution in [1.82, 2.24) is 20.2 Å². The number of thioether (sulfide) groups is 1. The third kappa shape index (κ3) is 3.93. The van der Waals surface area contributed by atoms with Crippen LogP contribution in [-0.4, -0.2) is 33.8 Å². The molecule has 0 fully saturated rings. The van der Waals surface area contributed by atoms with Crippen molar-refractivity contribution in [3.05, 3.63) is 33.4 Å². The van der Waals surface area contributed by atoms with Gasteiger partial charge in [-0.3, -0.25) is 19.5 Å². The molecule has 0 aliphatic heterocycles. The molecule has 0 bridgehead atoms. The smallest absolute Gasteiger partial charge is 0.321 e. The van der Waals surface area contributed by atoms with Crippen molar-refractivity contribution in [2.75, 3.05) is 7.05 Å². The number of nitrogens with one attached hydrogen (secondary N) is 2. The molecule has 7 nitrogen and oxygen atoms in total. The van der Waals surface area contributed by atoms with Gasteiger partial charge in [0.05, 0.1) is 10.6 Å². The summed E-state index contributed by atoms with van der Waals surface area (Å²) in [4.78, 5) is 42.5. The van der Waals surface area contributed by atoms with Crippen molar-refractivity contribution < 1.29 is 9.59 Å². The number of hydrogen-bond donors (Lipinski definition) is 2. The molecule has 3 amide bonds. The Kier molecular flexibility index (Phi) is 6.02. The van der Waals surface area contributed by atoms with E-state index in [1.165, 1.54) is 23.0 Å². The molecule has 0 aliphatic rings. The molecular formula is C16H20N4O3S2. The van der Waals surface area contributed by atoms with Gasteiger partial charge in [-0.25, -0.2) is 9.78 Å². The monoisotopic (exact) mass is 380 g/mol. The molecule has 1 atom stereocenters. The number of fused-ring (bicyclic) bond motifs is 1. The van der Waals surface area contributed by atoms with Crippen molar-refractivity contribution in [3.8, 4) is 0 Å². The van der Waals surface area contributed by atoms with E-state index in [4.69, 9.17) is 0 Å². The van der Waals surface area contributed by atoms with Gasteiger partial charge in [0.15, 0.2) is 5.16 Å². The number of nitrogens with zero attached hydrogens (tertiary/aromatic N) is 2. The highest BCUT2D eigenvalue weighted by Crippen LogP contribution is 2.29. The minimum absolute atomic E-state index is 0.145. The van der Waals surface area contributed by atoms with Crippen molar-refractivity contribution in [2.24, 2.45) is 0 Å². The minimum Gasteiger partial charge on any atom is -0.341 e. The Balaban J connectivity index is 2.44. The summed E-state index contributed by atoms with van der Waals surface area (Å²) in [5.74, 6) is -0.456. The van der Waals surface area contributed by atoms with Crippen LogP contribution in [0, 0.1) is 13.8 Å². The van der Waals surface area contributed by atoms with Crippen LogP contribution in [0.3, 0.4) is 0 Å². The lowest BCUT2D eigenvalue weighted by Crippen LogP contribution is -2.41. The molecule has 0 saturated carbocycles. The molecule has 2 rings (SSSR count). The molecule has 2 heterocycles. The zero-order valence-corrected chi connectivity index (χ0v) is 16.1. The third-order valence-electron chi connectivity index (χ3n) is 3.68. The lowest BCUT2D eigenvalue weighted by Gasteiger charge is -2.14. The Morgan fingerprint density at radius 1 is 1.44 bits per heavy atom. The van der Waals surface area contributed by atoms with Gasteiger partial charge in [0.25, 0.3) is 5.56 Å². The number of aryl methyl sites for hydroxylation is 2. The molecule has 0 radical (unpaired) electrons. The van der Waals surface area contributed by atoms with E-state index >= 15 is 0 Å². The Labute approximate surface area is 153 Å². The summed E-state index contributed by atoms with van der Waals surface area (Å²) in [6.07, 6.45) is 1.61. The fourth-order valence-corrected chi connectivity index (χ4v) is 4.16. The highest BCUT2D eigenvalue weighted by atomic mass is 32.2. The van der Waals surface area contributed by atoms with Crippen molar-refractivity contribution in [3.63, 3.8) is 0 Å². The molecule has 0 unspecified atom stereocenters. The van der Waals surface area contributed by atoms with Crippen LogP contribution in [0.25, 0.3) is 10.2 Å². The lowest BCUT2D eigenvalue weighted by molar-refractivity contribution is -0.119. The van der Waals surface area contributed by atoms with E-state index < -0.39 is 17.2 Å². The average molecular weight is 380 g/mol. The summed E-state index contributed by atoms with van der Waals surface area (Å²) >= 11 is 2.59. The van der Waals surface area contributed by atoms with E-state index in [1.54, 1.807) is 13.0 Å². The number of carbonyl (C=O) groups excluding carboxylic acids is 2. The third-order valence-corrected chi connectivity index (χ3v) is 5.87. The van der Waals surface area contributed by atoms with E-state index in [9.17, 15) is 14.4 Å². The van der Waals surface area contributed by atoms with Crippen LogP contribution >= 0.6 is 23.1 Å². The van der Waals surface area contributed by atoms with E-state index in [0.717, 1.165) is 22.2 Å². The number of rotatable bonds is 5. The summed E-state index contributed by atoms with van der Waals surface area (Å²) in [6, 6.07) is -0.575. The first-order valence-electron chi connectivity index (χ1n) is 7.60. The van der Waals surface area contributed by atoms with E-state index in [0.29, 0.717) is 21.9 Å². The van der Waals surface area contributed by atoms with E-state index in [2.05, 4.69) is 22.2 Å². The molecule has 134 valence electrons. The highest BCUT2D eigenvalue weighted by molar-refractivity contribution is 8.00. The number of hydrogen-bond acceptors (Lipinski definition) is 6. The van der Waals surface area contributed by atoms with Crippen molar-refractivity contribution in [1.29, 1.82) is 0 Å². The number of urea groups is 1. The van der Waals surface area contributed by atoms with Crippen LogP contribution in [0.1, 0.15) is 17.4 Å². The molecule has 9 heteroatoms. The number of carbonyl (C=O) groups is 2. The SMILES string of the molecule is C=CCn1c(S[C@@H](C)C(=O)NC(=O)NC)nc2sc(C)c(C)c2c1=O. The number of thiophene rings is 1. The molecular weight excluding hydrogens is 360 g/mol. The van der Waals surface area contributed by atoms with Crippen molar-refractivity contribution >= 4 is 45.3 Å². The minimum atomic E-state index is -0.597. The fourth-order valence-electron chi connectivity index (χ4n) is 2.18.